The highest BCUT2D eigenvalue weighted by Gasteiger charge is 2.12. The van der Waals surface area contributed by atoms with Crippen molar-refractivity contribution >= 4 is 11.6 Å². The summed E-state index contributed by atoms with van der Waals surface area (Å²) in [5, 5.41) is 3.92. The van der Waals surface area contributed by atoms with Gasteiger partial charge >= 0.3 is 0 Å². The fourth-order valence-corrected chi connectivity index (χ4v) is 1.60. The summed E-state index contributed by atoms with van der Waals surface area (Å²) < 4.78 is 5.00. The summed E-state index contributed by atoms with van der Waals surface area (Å²) in [6, 6.07) is 1.90. The number of aromatic amines is 1. The molecule has 0 bridgehead atoms. The molecule has 86 valence electrons. The maximum atomic E-state index is 5.80. The van der Waals surface area contributed by atoms with Gasteiger partial charge in [-0.3, -0.25) is 0 Å². The lowest BCUT2D eigenvalue weighted by Gasteiger charge is -2.14. The average molecular weight is 221 g/mol. The van der Waals surface area contributed by atoms with E-state index in [0.717, 1.165) is 23.1 Å². The van der Waals surface area contributed by atoms with E-state index < -0.39 is 0 Å². The Bertz CT molecular complexity index is 487. The van der Waals surface area contributed by atoms with Crippen LogP contribution in [0.2, 0.25) is 0 Å². The number of hydrogen-bond donors (Lipinski definition) is 2. The Hall–Kier alpha value is -1.98. The summed E-state index contributed by atoms with van der Waals surface area (Å²) in [6.07, 6.45) is 0. The van der Waals surface area contributed by atoms with E-state index in [1.165, 1.54) is 0 Å². The molecule has 16 heavy (non-hydrogen) atoms. The second-order valence-electron chi connectivity index (χ2n) is 3.84. The van der Waals surface area contributed by atoms with Gasteiger partial charge in [-0.1, -0.05) is 5.16 Å². The van der Waals surface area contributed by atoms with Crippen molar-refractivity contribution in [3.05, 3.63) is 23.3 Å². The zero-order chi connectivity index (χ0) is 11.7. The second kappa shape index (κ2) is 3.88. The Morgan fingerprint density at radius 3 is 2.75 bits per heavy atom. The highest BCUT2D eigenvalue weighted by Crippen LogP contribution is 2.20. The summed E-state index contributed by atoms with van der Waals surface area (Å²) in [7, 11) is 1.91. The van der Waals surface area contributed by atoms with E-state index in [4.69, 9.17) is 10.3 Å². The first-order valence-electron chi connectivity index (χ1n) is 5.01. The summed E-state index contributed by atoms with van der Waals surface area (Å²) in [4.78, 5) is 9.19. The molecule has 2 aromatic heterocycles. The fourth-order valence-electron chi connectivity index (χ4n) is 1.60. The molecule has 0 aliphatic carbocycles. The third-order valence-corrected chi connectivity index (χ3v) is 2.27. The van der Waals surface area contributed by atoms with Crippen molar-refractivity contribution in [3.63, 3.8) is 0 Å². The van der Waals surface area contributed by atoms with Crippen molar-refractivity contribution in [3.8, 4) is 0 Å². The van der Waals surface area contributed by atoms with Crippen LogP contribution in [-0.2, 0) is 6.54 Å². The molecule has 3 N–H and O–H groups in total. The van der Waals surface area contributed by atoms with Crippen LogP contribution in [0.3, 0.4) is 0 Å². The molecular weight excluding hydrogens is 206 g/mol. The van der Waals surface area contributed by atoms with Crippen LogP contribution in [0.15, 0.2) is 10.6 Å². The molecule has 2 rings (SSSR count). The van der Waals surface area contributed by atoms with Gasteiger partial charge in [0, 0.05) is 13.1 Å². The summed E-state index contributed by atoms with van der Waals surface area (Å²) in [5.74, 6) is 2.91. The number of aromatic nitrogens is 3. The van der Waals surface area contributed by atoms with Crippen molar-refractivity contribution in [2.75, 3.05) is 17.7 Å². The monoisotopic (exact) mass is 221 g/mol. The van der Waals surface area contributed by atoms with Gasteiger partial charge in [-0.25, -0.2) is 4.98 Å². The molecule has 0 aliphatic heterocycles. The Morgan fingerprint density at radius 2 is 2.25 bits per heavy atom. The number of rotatable bonds is 3. The van der Waals surface area contributed by atoms with Gasteiger partial charge in [-0.15, -0.1) is 0 Å². The van der Waals surface area contributed by atoms with Gasteiger partial charge in [0.25, 0.3) is 0 Å². The number of imidazole rings is 1. The van der Waals surface area contributed by atoms with Gasteiger partial charge in [-0.2, -0.15) is 0 Å². The van der Waals surface area contributed by atoms with Crippen LogP contribution in [0.4, 0.5) is 11.6 Å². The Kier molecular flexibility index (Phi) is 2.55. The van der Waals surface area contributed by atoms with E-state index in [2.05, 4.69) is 15.1 Å². The molecule has 0 saturated carbocycles. The van der Waals surface area contributed by atoms with Crippen molar-refractivity contribution in [2.45, 2.75) is 20.4 Å². The molecule has 0 saturated heterocycles. The minimum Gasteiger partial charge on any atom is -0.382 e. The molecule has 0 radical (unpaired) electrons. The molecule has 6 heteroatoms. The standard InChI is InChI=1S/C10H15N5O/c1-6-4-8(14-16-6)5-15(3)10-9(11)12-7(2)13-10/h4H,5,11H2,1-3H3,(H,12,13). The Morgan fingerprint density at radius 1 is 1.50 bits per heavy atom. The minimum absolute atomic E-state index is 0.570. The number of nitrogens with two attached hydrogens (primary N) is 1. The lowest BCUT2D eigenvalue weighted by molar-refractivity contribution is 0.390. The number of nitrogens with one attached hydrogen (secondary N) is 1. The average Bonchev–Trinajstić information content (AvgIpc) is 2.73. The van der Waals surface area contributed by atoms with E-state index >= 15 is 0 Å². The van der Waals surface area contributed by atoms with E-state index in [-0.39, 0.29) is 0 Å². The molecule has 0 fully saturated rings. The number of nitrogen functional groups attached to an aromatic ring is 1. The zero-order valence-electron chi connectivity index (χ0n) is 9.61. The molecule has 6 nitrogen and oxygen atoms in total. The third-order valence-electron chi connectivity index (χ3n) is 2.27. The summed E-state index contributed by atoms with van der Waals surface area (Å²) in [6.45, 7) is 4.35. The number of nitrogens with zero attached hydrogens (tertiary/aromatic N) is 3. The van der Waals surface area contributed by atoms with Crippen molar-refractivity contribution < 1.29 is 4.52 Å². The highest BCUT2D eigenvalue weighted by atomic mass is 16.5. The van der Waals surface area contributed by atoms with Gasteiger partial charge in [0.1, 0.15) is 23.1 Å². The highest BCUT2D eigenvalue weighted by molar-refractivity contribution is 5.58. The lowest BCUT2D eigenvalue weighted by atomic mass is 10.3. The summed E-state index contributed by atoms with van der Waals surface area (Å²) in [5.41, 5.74) is 6.66. The smallest absolute Gasteiger partial charge is 0.171 e. The normalized spacial score (nSPS) is 10.7. The Labute approximate surface area is 93.4 Å². The number of hydrogen-bond acceptors (Lipinski definition) is 5. The first-order valence-corrected chi connectivity index (χ1v) is 5.01. The van der Waals surface area contributed by atoms with Crippen molar-refractivity contribution in [1.82, 2.24) is 15.1 Å². The van der Waals surface area contributed by atoms with E-state index in [1.807, 2.05) is 31.9 Å². The van der Waals surface area contributed by atoms with Crippen LogP contribution >= 0.6 is 0 Å². The van der Waals surface area contributed by atoms with Gasteiger partial charge in [0.2, 0.25) is 0 Å². The molecule has 0 spiro atoms. The van der Waals surface area contributed by atoms with Crippen LogP contribution in [0.25, 0.3) is 0 Å². The molecule has 0 amide bonds. The van der Waals surface area contributed by atoms with Crippen molar-refractivity contribution in [1.29, 1.82) is 0 Å². The largest absolute Gasteiger partial charge is 0.382 e. The third kappa shape index (κ3) is 2.00. The first kappa shape index (κ1) is 10.5. The SMILES string of the molecule is Cc1nc(N(C)Cc2cc(C)on2)c(N)[nH]1. The van der Waals surface area contributed by atoms with Crippen molar-refractivity contribution in [2.24, 2.45) is 0 Å². The van der Waals surface area contributed by atoms with Crippen LogP contribution in [0, 0.1) is 13.8 Å². The first-order chi connectivity index (χ1) is 7.56. The quantitative estimate of drug-likeness (QED) is 0.814. The van der Waals surface area contributed by atoms with Crippen LogP contribution in [0.5, 0.6) is 0 Å². The number of H-pyrrole nitrogens is 1. The maximum Gasteiger partial charge on any atom is 0.171 e. The molecule has 0 atom stereocenters. The van der Waals surface area contributed by atoms with E-state index in [9.17, 15) is 0 Å². The van der Waals surface area contributed by atoms with Crippen LogP contribution in [0.1, 0.15) is 17.3 Å². The fraction of sp³-hybridized carbons (Fsp3) is 0.400. The van der Waals surface area contributed by atoms with Gasteiger partial charge in [0.05, 0.1) is 6.54 Å². The zero-order valence-corrected chi connectivity index (χ0v) is 9.61. The molecule has 0 aromatic carbocycles. The van der Waals surface area contributed by atoms with Gasteiger partial charge in [-0.05, 0) is 13.8 Å². The predicted octanol–water partition coefficient (Wildman–Crippen LogP) is 1.23. The Balaban J connectivity index is 2.14. The number of aryl methyl sites for hydroxylation is 2. The summed E-state index contributed by atoms with van der Waals surface area (Å²) >= 11 is 0. The number of anilines is 2. The van der Waals surface area contributed by atoms with Crippen LogP contribution in [-0.4, -0.2) is 22.2 Å². The molecule has 0 aliphatic rings. The topological polar surface area (TPSA) is 84.0 Å². The lowest BCUT2D eigenvalue weighted by Crippen LogP contribution is -2.18. The van der Waals surface area contributed by atoms with E-state index in [1.54, 1.807) is 0 Å². The minimum atomic E-state index is 0.570. The predicted molar refractivity (Wildman–Crippen MR) is 61.1 cm³/mol. The van der Waals surface area contributed by atoms with E-state index in [0.29, 0.717) is 12.4 Å². The molecule has 2 heterocycles. The van der Waals surface area contributed by atoms with Gasteiger partial charge < -0.3 is 20.1 Å². The van der Waals surface area contributed by atoms with Crippen LogP contribution < -0.4 is 10.6 Å². The van der Waals surface area contributed by atoms with Gasteiger partial charge in [0.15, 0.2) is 5.82 Å². The molecule has 0 unspecified atom stereocenters. The molecule has 2 aromatic rings. The maximum absolute atomic E-state index is 5.80. The second-order valence-corrected chi connectivity index (χ2v) is 3.84. The molecular formula is C10H15N5O.